The van der Waals surface area contributed by atoms with Crippen LogP contribution in [0.2, 0.25) is 0 Å². The second-order valence-corrected chi connectivity index (χ2v) is 6.16. The van der Waals surface area contributed by atoms with E-state index in [2.05, 4.69) is 15.0 Å². The maximum Gasteiger partial charge on any atom is 0.296 e. The van der Waals surface area contributed by atoms with Crippen LogP contribution >= 0.6 is 0 Å². The molecule has 0 amide bonds. The predicted molar refractivity (Wildman–Crippen MR) is 93.7 cm³/mol. The number of halogens is 2. The van der Waals surface area contributed by atoms with Gasteiger partial charge in [-0.3, -0.25) is 4.57 Å². The molecule has 1 aliphatic heterocycles. The molecule has 3 heterocycles. The van der Waals surface area contributed by atoms with Gasteiger partial charge in [0, 0.05) is 12.6 Å². The average Bonchev–Trinajstić information content (AvgIpc) is 3.01. The van der Waals surface area contributed by atoms with Crippen LogP contribution in [0, 0.1) is 0 Å². The van der Waals surface area contributed by atoms with Crippen molar-refractivity contribution in [2.75, 3.05) is 30.4 Å². The van der Waals surface area contributed by atoms with Crippen LogP contribution in [0.1, 0.15) is 19.2 Å². The van der Waals surface area contributed by atoms with E-state index in [1.165, 1.54) is 4.57 Å². The normalized spacial score (nSPS) is 18.0. The summed E-state index contributed by atoms with van der Waals surface area (Å²) in [6.45, 7) is 3.78. The minimum absolute atomic E-state index is 0.0858. The third-order valence-corrected chi connectivity index (χ3v) is 4.36. The van der Waals surface area contributed by atoms with Gasteiger partial charge in [-0.15, -0.1) is 0 Å². The van der Waals surface area contributed by atoms with E-state index >= 15 is 0 Å². The van der Waals surface area contributed by atoms with Crippen LogP contribution in [0.15, 0.2) is 30.3 Å². The molecule has 0 aliphatic carbocycles. The van der Waals surface area contributed by atoms with Crippen molar-refractivity contribution in [3.8, 4) is 5.95 Å². The van der Waals surface area contributed by atoms with Crippen molar-refractivity contribution in [2.24, 2.45) is 0 Å². The zero-order valence-electron chi connectivity index (χ0n) is 14.1. The third kappa shape index (κ3) is 2.84. The van der Waals surface area contributed by atoms with Crippen molar-refractivity contribution >= 4 is 22.7 Å². The second kappa shape index (κ2) is 6.49. The highest BCUT2D eigenvalue weighted by atomic mass is 19.3. The lowest BCUT2D eigenvalue weighted by atomic mass is 10.2. The average molecular weight is 360 g/mol. The van der Waals surface area contributed by atoms with Gasteiger partial charge in [0.25, 0.3) is 6.43 Å². The molecule has 1 saturated heterocycles. The van der Waals surface area contributed by atoms with Gasteiger partial charge in [0.2, 0.25) is 5.95 Å². The number of nitrogens with zero attached hydrogens (tertiary/aromatic N) is 5. The fraction of sp³-hybridized carbons (Fsp3) is 0.353. The molecule has 0 saturated carbocycles. The minimum Gasteiger partial charge on any atom is -0.383 e. The molecule has 1 aromatic carbocycles. The number of anilines is 2. The number of imidazole rings is 1. The number of nitrogens with two attached hydrogens (primary N) is 1. The van der Waals surface area contributed by atoms with Gasteiger partial charge in [-0.25, -0.2) is 13.8 Å². The van der Waals surface area contributed by atoms with Gasteiger partial charge in [-0.1, -0.05) is 12.1 Å². The molecule has 1 aliphatic rings. The first-order chi connectivity index (χ1) is 12.5. The first-order valence-corrected chi connectivity index (χ1v) is 8.29. The third-order valence-electron chi connectivity index (χ3n) is 4.36. The van der Waals surface area contributed by atoms with Gasteiger partial charge in [0.05, 0.1) is 30.3 Å². The van der Waals surface area contributed by atoms with E-state index in [0.29, 0.717) is 36.6 Å². The SMILES string of the molecule is CC1COCCN1c1cc(N)nc(-n2c(C(F)F)nc3ccccc32)n1. The molecule has 2 N–H and O–H groups in total. The van der Waals surface area contributed by atoms with Gasteiger partial charge in [0.1, 0.15) is 11.6 Å². The second-order valence-electron chi connectivity index (χ2n) is 6.16. The zero-order valence-corrected chi connectivity index (χ0v) is 14.1. The van der Waals surface area contributed by atoms with E-state index in [0.717, 1.165) is 0 Å². The summed E-state index contributed by atoms with van der Waals surface area (Å²) in [5.74, 6) is 0.475. The highest BCUT2D eigenvalue weighted by molar-refractivity contribution is 5.77. The maximum atomic E-state index is 13.6. The largest absolute Gasteiger partial charge is 0.383 e. The number of rotatable bonds is 3. The number of fused-ring (bicyclic) bond motifs is 1. The van der Waals surface area contributed by atoms with Crippen LogP contribution in [0.5, 0.6) is 0 Å². The Hall–Kier alpha value is -2.81. The number of alkyl halides is 2. The number of nitrogen functional groups attached to an aromatic ring is 1. The molecular formula is C17H18F2N6O. The minimum atomic E-state index is -2.77. The molecule has 0 radical (unpaired) electrons. The van der Waals surface area contributed by atoms with Crippen LogP contribution in [-0.4, -0.2) is 45.3 Å². The highest BCUT2D eigenvalue weighted by Gasteiger charge is 2.25. The molecule has 4 rings (SSSR count). The standard InChI is InChI=1S/C17H18F2N6O/c1-10-9-26-7-6-24(10)14-8-13(20)22-17(23-14)25-12-5-3-2-4-11(12)21-16(25)15(18)19/h2-5,8,10,15H,6-7,9H2,1H3,(H2,20,22,23). The van der Waals surface area contributed by atoms with Crippen molar-refractivity contribution in [1.29, 1.82) is 0 Å². The van der Waals surface area contributed by atoms with Gasteiger partial charge in [-0.05, 0) is 19.1 Å². The number of para-hydroxylation sites is 2. The molecule has 7 nitrogen and oxygen atoms in total. The number of hydrogen-bond acceptors (Lipinski definition) is 6. The first-order valence-electron chi connectivity index (χ1n) is 8.29. The van der Waals surface area contributed by atoms with Crippen molar-refractivity contribution in [2.45, 2.75) is 19.4 Å². The molecule has 0 bridgehead atoms. The molecule has 9 heteroatoms. The molecule has 2 aromatic heterocycles. The van der Waals surface area contributed by atoms with Crippen molar-refractivity contribution in [1.82, 2.24) is 19.5 Å². The van der Waals surface area contributed by atoms with Gasteiger partial charge in [0.15, 0.2) is 5.82 Å². The van der Waals surface area contributed by atoms with E-state index in [-0.39, 0.29) is 17.8 Å². The van der Waals surface area contributed by atoms with E-state index in [1.54, 1.807) is 30.3 Å². The number of benzene rings is 1. The summed E-state index contributed by atoms with van der Waals surface area (Å²) in [5, 5.41) is 0. The van der Waals surface area contributed by atoms with Gasteiger partial charge < -0.3 is 15.4 Å². The highest BCUT2D eigenvalue weighted by Crippen LogP contribution is 2.28. The van der Waals surface area contributed by atoms with Crippen LogP contribution in [0.25, 0.3) is 17.0 Å². The smallest absolute Gasteiger partial charge is 0.296 e. The summed E-state index contributed by atoms with van der Waals surface area (Å²) in [6.07, 6.45) is -2.77. The maximum absolute atomic E-state index is 13.6. The molecule has 0 spiro atoms. The zero-order chi connectivity index (χ0) is 18.3. The van der Waals surface area contributed by atoms with Crippen molar-refractivity contribution in [3.63, 3.8) is 0 Å². The fourth-order valence-electron chi connectivity index (χ4n) is 3.16. The molecule has 1 fully saturated rings. The van der Waals surface area contributed by atoms with Crippen LogP contribution in [0.4, 0.5) is 20.4 Å². The summed E-state index contributed by atoms with van der Waals surface area (Å²) in [6, 6.07) is 8.63. The monoisotopic (exact) mass is 360 g/mol. The molecule has 1 atom stereocenters. The number of hydrogen-bond donors (Lipinski definition) is 1. The molecule has 3 aromatic rings. The molecule has 136 valence electrons. The van der Waals surface area contributed by atoms with Crippen LogP contribution in [0.3, 0.4) is 0 Å². The summed E-state index contributed by atoms with van der Waals surface area (Å²) < 4.78 is 33.9. The Morgan fingerprint density at radius 2 is 2.04 bits per heavy atom. The Bertz CT molecular complexity index is 944. The van der Waals surface area contributed by atoms with Gasteiger partial charge >= 0.3 is 0 Å². The lowest BCUT2D eigenvalue weighted by molar-refractivity contribution is 0.0985. The summed E-state index contributed by atoms with van der Waals surface area (Å²) in [5.41, 5.74) is 6.92. The Labute approximate surface area is 148 Å². The van der Waals surface area contributed by atoms with E-state index in [1.807, 2.05) is 11.8 Å². The summed E-state index contributed by atoms with van der Waals surface area (Å²) >= 11 is 0. The van der Waals surface area contributed by atoms with Crippen molar-refractivity contribution < 1.29 is 13.5 Å². The fourth-order valence-corrected chi connectivity index (χ4v) is 3.16. The lowest BCUT2D eigenvalue weighted by Gasteiger charge is -2.34. The Kier molecular flexibility index (Phi) is 4.15. The van der Waals surface area contributed by atoms with E-state index in [4.69, 9.17) is 10.5 Å². The number of morpholine rings is 1. The van der Waals surface area contributed by atoms with Crippen LogP contribution < -0.4 is 10.6 Å². The predicted octanol–water partition coefficient (Wildman–Crippen LogP) is 2.56. The molecule has 1 unspecified atom stereocenters. The lowest BCUT2D eigenvalue weighted by Crippen LogP contribution is -2.44. The Morgan fingerprint density at radius 3 is 2.81 bits per heavy atom. The number of aromatic nitrogens is 4. The molecular weight excluding hydrogens is 342 g/mol. The van der Waals surface area contributed by atoms with E-state index in [9.17, 15) is 8.78 Å². The number of ether oxygens (including phenoxy) is 1. The van der Waals surface area contributed by atoms with Gasteiger partial charge in [-0.2, -0.15) is 9.97 Å². The molecule has 26 heavy (non-hydrogen) atoms. The quantitative estimate of drug-likeness (QED) is 0.773. The summed E-state index contributed by atoms with van der Waals surface area (Å²) in [7, 11) is 0. The van der Waals surface area contributed by atoms with Crippen molar-refractivity contribution in [3.05, 3.63) is 36.2 Å². The topological polar surface area (TPSA) is 82.1 Å². The first kappa shape index (κ1) is 16.6. The van der Waals surface area contributed by atoms with E-state index < -0.39 is 12.2 Å². The Morgan fingerprint density at radius 1 is 1.23 bits per heavy atom. The van der Waals surface area contributed by atoms with Crippen LogP contribution in [-0.2, 0) is 4.74 Å². The Balaban J connectivity index is 1.88. The summed E-state index contributed by atoms with van der Waals surface area (Å²) in [4.78, 5) is 14.8.